The number of nitrogens with zero attached hydrogens (tertiary/aromatic N) is 2. The topological polar surface area (TPSA) is 77.9 Å². The second-order valence-electron chi connectivity index (χ2n) is 4.37. The van der Waals surface area contributed by atoms with Crippen molar-refractivity contribution in [2.75, 3.05) is 39.0 Å². The van der Waals surface area contributed by atoms with E-state index in [1.54, 1.807) is 0 Å². The molecular weight excluding hydrogens is 244 g/mol. The zero-order valence-electron chi connectivity index (χ0n) is 10.1. The van der Waals surface area contributed by atoms with Crippen LogP contribution in [0.25, 0.3) is 0 Å². The van der Waals surface area contributed by atoms with Crippen molar-refractivity contribution in [3.8, 4) is 0 Å². The van der Waals surface area contributed by atoms with E-state index >= 15 is 0 Å². The fourth-order valence-corrected chi connectivity index (χ4v) is 3.30. The molecule has 1 aliphatic heterocycles. The van der Waals surface area contributed by atoms with Crippen LogP contribution in [0.5, 0.6) is 0 Å². The summed E-state index contributed by atoms with van der Waals surface area (Å²) in [5.41, 5.74) is 0. The molecule has 0 aromatic carbocycles. The van der Waals surface area contributed by atoms with Crippen molar-refractivity contribution in [2.24, 2.45) is 0 Å². The predicted octanol–water partition coefficient (Wildman–Crippen LogP) is -0.181. The van der Waals surface area contributed by atoms with Crippen LogP contribution in [0.1, 0.15) is 19.3 Å². The number of carbonyl (C=O) groups is 1. The van der Waals surface area contributed by atoms with Crippen molar-refractivity contribution >= 4 is 16.0 Å². The van der Waals surface area contributed by atoms with E-state index in [-0.39, 0.29) is 12.2 Å². The minimum Gasteiger partial charge on any atom is -0.481 e. The van der Waals surface area contributed by atoms with Gasteiger partial charge >= 0.3 is 5.97 Å². The minimum atomic E-state index is -3.19. The largest absolute Gasteiger partial charge is 0.481 e. The molecule has 1 fully saturated rings. The van der Waals surface area contributed by atoms with Gasteiger partial charge in [0.1, 0.15) is 0 Å². The summed E-state index contributed by atoms with van der Waals surface area (Å²) < 4.78 is 25.3. The molecule has 1 saturated heterocycles. The van der Waals surface area contributed by atoms with E-state index in [1.165, 1.54) is 4.31 Å². The van der Waals surface area contributed by atoms with E-state index < -0.39 is 16.0 Å². The fraction of sp³-hybridized carbons (Fsp3) is 0.900. The molecule has 1 rings (SSSR count). The third kappa shape index (κ3) is 5.01. The number of unbranched alkanes of at least 4 members (excludes halogenated alkanes) is 1. The third-order valence-corrected chi connectivity index (χ3v) is 4.86. The van der Waals surface area contributed by atoms with Gasteiger partial charge in [0.15, 0.2) is 0 Å². The molecule has 7 heteroatoms. The molecule has 0 aromatic heterocycles. The van der Waals surface area contributed by atoms with Crippen LogP contribution in [0.4, 0.5) is 0 Å². The molecule has 6 nitrogen and oxygen atoms in total. The number of carboxylic acids is 1. The van der Waals surface area contributed by atoms with Crippen molar-refractivity contribution in [1.29, 1.82) is 0 Å². The van der Waals surface area contributed by atoms with Gasteiger partial charge in [-0.25, -0.2) is 8.42 Å². The highest BCUT2D eigenvalue weighted by atomic mass is 32.2. The number of rotatable bonds is 6. The quantitative estimate of drug-likeness (QED) is 0.673. The molecule has 0 spiro atoms. The van der Waals surface area contributed by atoms with Crippen molar-refractivity contribution < 1.29 is 18.3 Å². The second kappa shape index (κ2) is 6.32. The Bertz CT molecular complexity index is 347. The highest BCUT2D eigenvalue weighted by molar-refractivity contribution is 7.89. The Hall–Kier alpha value is -0.660. The van der Waals surface area contributed by atoms with Crippen molar-refractivity contribution in [1.82, 2.24) is 9.21 Å². The van der Waals surface area contributed by atoms with Gasteiger partial charge in [0, 0.05) is 32.6 Å². The van der Waals surface area contributed by atoms with E-state index in [4.69, 9.17) is 5.11 Å². The summed E-state index contributed by atoms with van der Waals surface area (Å²) in [6.07, 6.45) is 0.877. The molecule has 0 amide bonds. The van der Waals surface area contributed by atoms with Gasteiger partial charge in [0.2, 0.25) is 10.0 Å². The van der Waals surface area contributed by atoms with Crippen LogP contribution >= 0.6 is 0 Å². The Morgan fingerprint density at radius 3 is 2.29 bits per heavy atom. The molecule has 1 heterocycles. The minimum absolute atomic E-state index is 0.0399. The second-order valence-corrected chi connectivity index (χ2v) is 6.46. The Morgan fingerprint density at radius 2 is 1.76 bits per heavy atom. The summed E-state index contributed by atoms with van der Waals surface area (Å²) >= 11 is 0. The van der Waals surface area contributed by atoms with Crippen LogP contribution in [0.2, 0.25) is 0 Å². The normalized spacial score (nSPS) is 19.4. The van der Waals surface area contributed by atoms with Crippen LogP contribution in [0, 0.1) is 0 Å². The maximum atomic E-state index is 11.9. The number of piperazine rings is 1. The van der Waals surface area contributed by atoms with Gasteiger partial charge < -0.3 is 10.0 Å². The Kier molecular flexibility index (Phi) is 5.35. The Balaban J connectivity index is 2.33. The number of hydrogen-bond acceptors (Lipinski definition) is 4. The zero-order chi connectivity index (χ0) is 12.9. The van der Waals surface area contributed by atoms with E-state index in [0.29, 0.717) is 25.9 Å². The maximum absolute atomic E-state index is 11.9. The molecule has 0 unspecified atom stereocenters. The first kappa shape index (κ1) is 14.4. The number of aliphatic carboxylic acids is 1. The maximum Gasteiger partial charge on any atom is 0.303 e. The van der Waals surface area contributed by atoms with Crippen LogP contribution in [0.15, 0.2) is 0 Å². The number of hydrogen-bond donors (Lipinski definition) is 1. The van der Waals surface area contributed by atoms with Crippen molar-refractivity contribution in [3.05, 3.63) is 0 Å². The van der Waals surface area contributed by atoms with Gasteiger partial charge in [-0.05, 0) is 19.9 Å². The van der Waals surface area contributed by atoms with E-state index in [9.17, 15) is 13.2 Å². The summed E-state index contributed by atoms with van der Waals surface area (Å²) in [6, 6.07) is 0. The lowest BCUT2D eigenvalue weighted by molar-refractivity contribution is -0.137. The molecule has 0 saturated carbocycles. The first-order chi connectivity index (χ1) is 7.92. The lowest BCUT2D eigenvalue weighted by atomic mass is 10.3. The summed E-state index contributed by atoms with van der Waals surface area (Å²) in [6.45, 7) is 2.60. The van der Waals surface area contributed by atoms with Gasteiger partial charge in [-0.3, -0.25) is 4.79 Å². The molecule has 0 bridgehead atoms. The SMILES string of the molecule is CN1CCN(S(=O)(=O)CCCCC(=O)O)CC1. The third-order valence-electron chi connectivity index (χ3n) is 2.90. The molecule has 0 radical (unpaired) electrons. The van der Waals surface area contributed by atoms with E-state index in [0.717, 1.165) is 13.1 Å². The molecule has 0 aromatic rings. The smallest absolute Gasteiger partial charge is 0.303 e. The number of carboxylic acid groups (broad SMARTS) is 1. The fourth-order valence-electron chi connectivity index (χ4n) is 1.76. The van der Waals surface area contributed by atoms with Crippen molar-refractivity contribution in [2.45, 2.75) is 19.3 Å². The number of likely N-dealkylation sites (N-methyl/N-ethyl adjacent to an activating group) is 1. The monoisotopic (exact) mass is 264 g/mol. The van der Waals surface area contributed by atoms with Gasteiger partial charge in [0.05, 0.1) is 5.75 Å². The summed E-state index contributed by atoms with van der Waals surface area (Å²) in [7, 11) is -1.22. The molecule has 17 heavy (non-hydrogen) atoms. The standard InChI is InChI=1S/C10H20N2O4S/c1-11-5-7-12(8-6-11)17(15,16)9-3-2-4-10(13)14/h2-9H2,1H3,(H,13,14). The average molecular weight is 264 g/mol. The lowest BCUT2D eigenvalue weighted by Gasteiger charge is -2.31. The van der Waals surface area contributed by atoms with Crippen LogP contribution in [0.3, 0.4) is 0 Å². The van der Waals surface area contributed by atoms with Crippen molar-refractivity contribution in [3.63, 3.8) is 0 Å². The Morgan fingerprint density at radius 1 is 1.18 bits per heavy atom. The first-order valence-corrected chi connectivity index (χ1v) is 7.41. The lowest BCUT2D eigenvalue weighted by Crippen LogP contribution is -2.47. The molecule has 0 atom stereocenters. The average Bonchev–Trinajstić information content (AvgIpc) is 2.25. The van der Waals surface area contributed by atoms with Gasteiger partial charge in [-0.1, -0.05) is 0 Å². The van der Waals surface area contributed by atoms with E-state index in [1.807, 2.05) is 7.05 Å². The zero-order valence-corrected chi connectivity index (χ0v) is 10.9. The number of sulfonamides is 1. The molecule has 1 N–H and O–H groups in total. The summed E-state index contributed by atoms with van der Waals surface area (Å²) in [5, 5.41) is 8.46. The summed E-state index contributed by atoms with van der Waals surface area (Å²) in [5.74, 6) is -0.814. The highest BCUT2D eigenvalue weighted by Gasteiger charge is 2.24. The molecule has 1 aliphatic rings. The van der Waals surface area contributed by atoms with Gasteiger partial charge in [-0.15, -0.1) is 0 Å². The molecule has 0 aliphatic carbocycles. The predicted molar refractivity (Wildman–Crippen MR) is 64.3 cm³/mol. The first-order valence-electron chi connectivity index (χ1n) is 5.80. The van der Waals surface area contributed by atoms with E-state index in [2.05, 4.69) is 4.90 Å². The molecule has 100 valence electrons. The highest BCUT2D eigenvalue weighted by Crippen LogP contribution is 2.09. The van der Waals surface area contributed by atoms with Crippen LogP contribution in [-0.2, 0) is 14.8 Å². The molecular formula is C10H20N2O4S. The van der Waals surface area contributed by atoms with Gasteiger partial charge in [-0.2, -0.15) is 4.31 Å². The van der Waals surface area contributed by atoms with Gasteiger partial charge in [0.25, 0.3) is 0 Å². The van der Waals surface area contributed by atoms with Crippen LogP contribution in [-0.4, -0.2) is 67.7 Å². The van der Waals surface area contributed by atoms with Crippen LogP contribution < -0.4 is 0 Å². The Labute approximate surface area is 102 Å². The summed E-state index contributed by atoms with van der Waals surface area (Å²) in [4.78, 5) is 12.4.